The fraction of sp³-hybridized carbons (Fsp3) is 0.455. The first-order valence-corrected chi connectivity index (χ1v) is 6.42. The van der Waals surface area contributed by atoms with Crippen LogP contribution in [-0.4, -0.2) is 32.5 Å². The number of aromatic nitrogens is 2. The first-order valence-electron chi connectivity index (χ1n) is 5.54. The molecule has 17 heavy (non-hydrogen) atoms. The minimum Gasteiger partial charge on any atom is -0.394 e. The fourth-order valence-corrected chi connectivity index (χ4v) is 2.56. The van der Waals surface area contributed by atoms with Crippen molar-refractivity contribution in [3.8, 4) is 0 Å². The van der Waals surface area contributed by atoms with Gasteiger partial charge in [-0.2, -0.15) is 0 Å². The van der Waals surface area contributed by atoms with Crippen molar-refractivity contribution in [2.45, 2.75) is 24.8 Å². The third-order valence-corrected chi connectivity index (χ3v) is 3.82. The molecule has 5 nitrogen and oxygen atoms in total. The number of carbonyl (C=O) groups is 1. The molecule has 2 heterocycles. The standard InChI is InChI=1S/C11H13N3O2S/c15-7-11(1-2-11)13-9(16)5-8-6-14-3-4-17-10(14)12-8/h3-4,6,15H,1-2,5,7H2,(H,13,16). The average Bonchev–Trinajstić information content (AvgIpc) is 2.74. The molecular formula is C11H13N3O2S. The monoisotopic (exact) mass is 251 g/mol. The Morgan fingerprint density at radius 2 is 2.47 bits per heavy atom. The highest BCUT2D eigenvalue weighted by Crippen LogP contribution is 2.34. The Hall–Kier alpha value is -1.40. The average molecular weight is 251 g/mol. The maximum Gasteiger partial charge on any atom is 0.226 e. The van der Waals surface area contributed by atoms with Crippen LogP contribution in [-0.2, 0) is 11.2 Å². The van der Waals surface area contributed by atoms with Crippen LogP contribution in [0.25, 0.3) is 4.96 Å². The van der Waals surface area contributed by atoms with Crippen LogP contribution in [0.1, 0.15) is 18.5 Å². The van der Waals surface area contributed by atoms with Gasteiger partial charge in [-0.25, -0.2) is 4.98 Å². The van der Waals surface area contributed by atoms with Gasteiger partial charge >= 0.3 is 0 Å². The number of aliphatic hydroxyl groups excluding tert-OH is 1. The summed E-state index contributed by atoms with van der Waals surface area (Å²) in [7, 11) is 0. The van der Waals surface area contributed by atoms with Crippen molar-refractivity contribution in [2.24, 2.45) is 0 Å². The molecule has 0 atom stereocenters. The molecule has 2 aromatic rings. The summed E-state index contributed by atoms with van der Waals surface area (Å²) in [6, 6.07) is 0. The summed E-state index contributed by atoms with van der Waals surface area (Å²) in [5.74, 6) is -0.0673. The SMILES string of the molecule is O=C(Cc1cn2ccsc2n1)NC1(CO)CC1. The summed E-state index contributed by atoms with van der Waals surface area (Å²) >= 11 is 1.55. The molecule has 1 amide bonds. The summed E-state index contributed by atoms with van der Waals surface area (Å²) in [5.41, 5.74) is 0.428. The summed E-state index contributed by atoms with van der Waals surface area (Å²) in [6.07, 6.45) is 5.80. The smallest absolute Gasteiger partial charge is 0.226 e. The number of hydrogen-bond acceptors (Lipinski definition) is 4. The lowest BCUT2D eigenvalue weighted by molar-refractivity contribution is -0.121. The van der Waals surface area contributed by atoms with E-state index in [-0.39, 0.29) is 24.5 Å². The van der Waals surface area contributed by atoms with Crippen LogP contribution in [0.4, 0.5) is 0 Å². The van der Waals surface area contributed by atoms with Gasteiger partial charge in [0.15, 0.2) is 4.96 Å². The van der Waals surface area contributed by atoms with Gasteiger partial charge in [-0.1, -0.05) is 0 Å². The number of thiazole rings is 1. The van der Waals surface area contributed by atoms with Crippen molar-refractivity contribution in [3.63, 3.8) is 0 Å². The summed E-state index contributed by atoms with van der Waals surface area (Å²) in [6.45, 7) is 0.0248. The van der Waals surface area contributed by atoms with Crippen LogP contribution >= 0.6 is 11.3 Å². The second-order valence-electron chi connectivity index (χ2n) is 4.49. The highest BCUT2D eigenvalue weighted by molar-refractivity contribution is 7.15. The van der Waals surface area contributed by atoms with E-state index in [4.69, 9.17) is 5.11 Å². The molecule has 2 aromatic heterocycles. The van der Waals surface area contributed by atoms with Crippen LogP contribution in [0.2, 0.25) is 0 Å². The molecule has 90 valence electrons. The number of fused-ring (bicyclic) bond motifs is 1. The molecule has 0 spiro atoms. The topological polar surface area (TPSA) is 66.6 Å². The Labute approximate surface area is 102 Å². The molecule has 0 unspecified atom stereocenters. The van der Waals surface area contributed by atoms with E-state index in [2.05, 4.69) is 10.3 Å². The van der Waals surface area contributed by atoms with Crippen molar-refractivity contribution in [2.75, 3.05) is 6.61 Å². The predicted octanol–water partition coefficient (Wildman–Crippen LogP) is 0.579. The van der Waals surface area contributed by atoms with E-state index in [0.717, 1.165) is 23.5 Å². The minimum atomic E-state index is -0.339. The number of nitrogens with one attached hydrogen (secondary N) is 1. The first-order chi connectivity index (χ1) is 8.21. The van der Waals surface area contributed by atoms with E-state index >= 15 is 0 Å². The van der Waals surface area contributed by atoms with Crippen molar-refractivity contribution >= 4 is 22.2 Å². The number of rotatable bonds is 4. The van der Waals surface area contributed by atoms with E-state index in [1.165, 1.54) is 0 Å². The molecule has 0 bridgehead atoms. The molecule has 1 aliphatic rings. The number of nitrogens with zero attached hydrogens (tertiary/aromatic N) is 2. The highest BCUT2D eigenvalue weighted by Gasteiger charge is 2.43. The van der Waals surface area contributed by atoms with Gasteiger partial charge in [0.25, 0.3) is 0 Å². The molecule has 0 saturated heterocycles. The van der Waals surface area contributed by atoms with E-state index in [9.17, 15) is 4.79 Å². The zero-order valence-corrected chi connectivity index (χ0v) is 10.0. The van der Waals surface area contributed by atoms with Crippen molar-refractivity contribution in [1.82, 2.24) is 14.7 Å². The first kappa shape index (κ1) is 10.7. The Morgan fingerprint density at radius 3 is 3.12 bits per heavy atom. The maximum absolute atomic E-state index is 11.8. The number of hydrogen-bond donors (Lipinski definition) is 2. The highest BCUT2D eigenvalue weighted by atomic mass is 32.1. The summed E-state index contributed by atoms with van der Waals surface area (Å²) in [5, 5.41) is 13.9. The van der Waals surface area contributed by atoms with Crippen LogP contribution in [0, 0.1) is 0 Å². The van der Waals surface area contributed by atoms with Gasteiger partial charge in [0.1, 0.15) is 0 Å². The molecule has 0 aliphatic heterocycles. The minimum absolute atomic E-state index is 0.0248. The van der Waals surface area contributed by atoms with Gasteiger partial charge in [0.2, 0.25) is 5.91 Å². The van der Waals surface area contributed by atoms with Crippen LogP contribution in [0.15, 0.2) is 17.8 Å². The zero-order chi connectivity index (χ0) is 11.9. The van der Waals surface area contributed by atoms with Crippen molar-refractivity contribution < 1.29 is 9.90 Å². The summed E-state index contributed by atoms with van der Waals surface area (Å²) in [4.78, 5) is 17.0. The molecule has 6 heteroatoms. The Balaban J connectivity index is 1.66. The van der Waals surface area contributed by atoms with Crippen molar-refractivity contribution in [1.29, 1.82) is 0 Å². The van der Waals surface area contributed by atoms with Gasteiger partial charge in [-0.3, -0.25) is 9.20 Å². The molecule has 1 saturated carbocycles. The Bertz CT molecular complexity index is 527. The van der Waals surface area contributed by atoms with E-state index in [0.29, 0.717) is 0 Å². The normalized spacial score (nSPS) is 17.2. The fourth-order valence-electron chi connectivity index (χ4n) is 1.84. The lowest BCUT2D eigenvalue weighted by Gasteiger charge is -2.13. The van der Waals surface area contributed by atoms with Crippen LogP contribution < -0.4 is 5.32 Å². The molecule has 1 aliphatic carbocycles. The summed E-state index contributed by atoms with van der Waals surface area (Å²) < 4.78 is 1.91. The Morgan fingerprint density at radius 1 is 1.65 bits per heavy atom. The Kier molecular flexibility index (Phi) is 2.41. The number of aliphatic hydroxyl groups is 1. The van der Waals surface area contributed by atoms with E-state index in [1.54, 1.807) is 11.3 Å². The van der Waals surface area contributed by atoms with Crippen molar-refractivity contribution in [3.05, 3.63) is 23.5 Å². The second-order valence-corrected chi connectivity index (χ2v) is 5.36. The van der Waals surface area contributed by atoms with Gasteiger partial charge in [0, 0.05) is 17.8 Å². The second kappa shape index (κ2) is 3.82. The quantitative estimate of drug-likeness (QED) is 0.835. The zero-order valence-electron chi connectivity index (χ0n) is 9.22. The number of amides is 1. The van der Waals surface area contributed by atoms with Gasteiger partial charge < -0.3 is 10.4 Å². The number of imidazole rings is 1. The van der Waals surface area contributed by atoms with Gasteiger partial charge in [-0.15, -0.1) is 11.3 Å². The number of carbonyl (C=O) groups excluding carboxylic acids is 1. The van der Waals surface area contributed by atoms with Crippen LogP contribution in [0.3, 0.4) is 0 Å². The molecule has 0 radical (unpaired) electrons. The van der Waals surface area contributed by atoms with E-state index < -0.39 is 0 Å². The third kappa shape index (κ3) is 2.05. The van der Waals surface area contributed by atoms with Crippen LogP contribution in [0.5, 0.6) is 0 Å². The molecular weight excluding hydrogens is 238 g/mol. The molecule has 2 N–H and O–H groups in total. The maximum atomic E-state index is 11.8. The van der Waals surface area contributed by atoms with Gasteiger partial charge in [-0.05, 0) is 12.8 Å². The molecule has 3 rings (SSSR count). The predicted molar refractivity (Wildman–Crippen MR) is 64.0 cm³/mol. The van der Waals surface area contributed by atoms with Gasteiger partial charge in [0.05, 0.1) is 24.3 Å². The lowest BCUT2D eigenvalue weighted by Crippen LogP contribution is -2.40. The molecule has 1 fully saturated rings. The third-order valence-electron chi connectivity index (χ3n) is 3.05. The largest absolute Gasteiger partial charge is 0.394 e. The lowest BCUT2D eigenvalue weighted by atomic mass is 10.2. The molecule has 0 aromatic carbocycles. The van der Waals surface area contributed by atoms with E-state index in [1.807, 2.05) is 22.2 Å².